The van der Waals surface area contributed by atoms with Crippen molar-refractivity contribution >= 4 is 28.0 Å². The molecule has 4 aromatic rings. The quantitative estimate of drug-likeness (QED) is 0.291. The van der Waals surface area contributed by atoms with Crippen molar-refractivity contribution in [1.29, 1.82) is 0 Å². The van der Waals surface area contributed by atoms with Gasteiger partial charge in [-0.3, -0.25) is 4.79 Å². The molecular formula is C31H37N5O3. The number of carbonyl (C=O) groups is 1. The first-order valence-corrected chi connectivity index (χ1v) is 14.4. The number of methoxy groups -OCH3 is 2. The third-order valence-corrected chi connectivity index (χ3v) is 9.29. The van der Waals surface area contributed by atoms with Crippen LogP contribution in [0.15, 0.2) is 30.3 Å². The lowest BCUT2D eigenvalue weighted by molar-refractivity contribution is 0.0733. The van der Waals surface area contributed by atoms with Crippen molar-refractivity contribution < 1.29 is 14.3 Å². The van der Waals surface area contributed by atoms with Crippen LogP contribution in [0.25, 0.3) is 33.6 Å². The van der Waals surface area contributed by atoms with Gasteiger partial charge in [-0.05, 0) is 81.0 Å². The molecule has 3 fully saturated rings. The molecule has 204 valence electrons. The highest BCUT2D eigenvalue weighted by molar-refractivity contribution is 6.00. The second-order valence-corrected chi connectivity index (χ2v) is 11.7. The number of amides is 1. The van der Waals surface area contributed by atoms with E-state index in [0.29, 0.717) is 34.9 Å². The van der Waals surface area contributed by atoms with E-state index in [1.807, 2.05) is 18.2 Å². The first-order chi connectivity index (χ1) is 19.0. The Morgan fingerprint density at radius 2 is 1.87 bits per heavy atom. The van der Waals surface area contributed by atoms with E-state index in [1.54, 1.807) is 14.2 Å². The lowest BCUT2D eigenvalue weighted by Gasteiger charge is -2.31. The Bertz CT molecular complexity index is 1580. The molecule has 2 aliphatic carbocycles. The number of aromatic nitrogens is 4. The van der Waals surface area contributed by atoms with Crippen molar-refractivity contribution in [3.63, 3.8) is 0 Å². The summed E-state index contributed by atoms with van der Waals surface area (Å²) in [4.78, 5) is 25.8. The maximum Gasteiger partial charge on any atom is 0.254 e. The van der Waals surface area contributed by atoms with Crippen LogP contribution in [0.5, 0.6) is 11.6 Å². The summed E-state index contributed by atoms with van der Waals surface area (Å²) in [6, 6.07) is 10.4. The molecule has 0 N–H and O–H groups in total. The first kappa shape index (κ1) is 24.5. The standard InChI is InChI=1S/C31H37N5O3/c1-5-12-34-28-24(13-22(15-26(28)38-3)31(37)35-17-21-8-10-23(21)18(35)2)32-30(34)25-14-20-9-11-27(39-4)33-29(20)36(25)16-19-6-7-19/h9,11,13-15,18-19,21,23H,5-8,10,12,16-17H2,1-4H3. The van der Waals surface area contributed by atoms with Gasteiger partial charge in [0.15, 0.2) is 5.82 Å². The van der Waals surface area contributed by atoms with Crippen LogP contribution in [0.3, 0.4) is 0 Å². The van der Waals surface area contributed by atoms with E-state index in [9.17, 15) is 4.79 Å². The lowest BCUT2D eigenvalue weighted by atomic mass is 9.73. The fraction of sp³-hybridized carbons (Fsp3) is 0.516. The minimum atomic E-state index is 0.0860. The van der Waals surface area contributed by atoms with E-state index in [1.165, 1.54) is 25.7 Å². The zero-order chi connectivity index (χ0) is 26.8. The number of aryl methyl sites for hydroxylation is 1. The Hall–Kier alpha value is -3.55. The van der Waals surface area contributed by atoms with Gasteiger partial charge in [-0.25, -0.2) is 4.98 Å². The predicted molar refractivity (Wildman–Crippen MR) is 151 cm³/mol. The number of benzene rings is 1. The number of pyridine rings is 1. The van der Waals surface area contributed by atoms with Crippen molar-refractivity contribution in [1.82, 2.24) is 24.0 Å². The van der Waals surface area contributed by atoms with Crippen molar-refractivity contribution in [2.75, 3.05) is 20.8 Å². The van der Waals surface area contributed by atoms with Gasteiger partial charge in [-0.1, -0.05) is 6.92 Å². The minimum Gasteiger partial charge on any atom is -0.494 e. The molecule has 7 rings (SSSR count). The van der Waals surface area contributed by atoms with Gasteiger partial charge in [0.1, 0.15) is 16.9 Å². The molecule has 0 radical (unpaired) electrons. The maximum atomic E-state index is 13.7. The molecule has 1 aromatic carbocycles. The second-order valence-electron chi connectivity index (χ2n) is 11.7. The van der Waals surface area contributed by atoms with Gasteiger partial charge >= 0.3 is 0 Å². The normalized spacial score (nSPS) is 22.4. The molecule has 8 heteroatoms. The zero-order valence-corrected chi connectivity index (χ0v) is 23.3. The number of imidazole rings is 1. The van der Waals surface area contributed by atoms with Crippen LogP contribution in [0, 0.1) is 17.8 Å². The van der Waals surface area contributed by atoms with E-state index in [-0.39, 0.29) is 11.9 Å². The maximum absolute atomic E-state index is 13.7. The van der Waals surface area contributed by atoms with E-state index in [2.05, 4.69) is 40.0 Å². The molecule has 1 amide bonds. The van der Waals surface area contributed by atoms with Crippen molar-refractivity contribution in [3.05, 3.63) is 35.9 Å². The van der Waals surface area contributed by atoms with Gasteiger partial charge in [-0.2, -0.15) is 4.98 Å². The van der Waals surface area contributed by atoms with Crippen molar-refractivity contribution in [3.8, 4) is 23.1 Å². The molecule has 8 nitrogen and oxygen atoms in total. The molecular weight excluding hydrogens is 490 g/mol. The fourth-order valence-electron chi connectivity index (χ4n) is 6.84. The monoisotopic (exact) mass is 527 g/mol. The molecule has 1 aliphatic heterocycles. The summed E-state index contributed by atoms with van der Waals surface area (Å²) in [7, 11) is 3.34. The molecule has 3 unspecified atom stereocenters. The summed E-state index contributed by atoms with van der Waals surface area (Å²) in [5.41, 5.74) is 4.36. The van der Waals surface area contributed by atoms with E-state index >= 15 is 0 Å². The highest BCUT2D eigenvalue weighted by Crippen LogP contribution is 2.45. The average Bonchev–Trinajstić information content (AvgIpc) is 3.52. The Morgan fingerprint density at radius 3 is 2.51 bits per heavy atom. The number of hydrogen-bond acceptors (Lipinski definition) is 5. The van der Waals surface area contributed by atoms with Crippen LogP contribution >= 0.6 is 0 Å². The molecule has 3 aromatic heterocycles. The number of carbonyl (C=O) groups excluding carboxylic acids is 1. The van der Waals surface area contributed by atoms with Gasteiger partial charge in [-0.15, -0.1) is 0 Å². The van der Waals surface area contributed by atoms with E-state index < -0.39 is 0 Å². The van der Waals surface area contributed by atoms with Crippen LogP contribution in [0.2, 0.25) is 0 Å². The molecule has 4 heterocycles. The third kappa shape index (κ3) is 3.90. The zero-order valence-electron chi connectivity index (χ0n) is 23.3. The number of hydrogen-bond donors (Lipinski definition) is 0. The van der Waals surface area contributed by atoms with E-state index in [0.717, 1.165) is 59.6 Å². The molecule has 3 atom stereocenters. The largest absolute Gasteiger partial charge is 0.494 e. The number of ether oxygens (including phenoxy) is 2. The Morgan fingerprint density at radius 1 is 1.03 bits per heavy atom. The minimum absolute atomic E-state index is 0.0860. The van der Waals surface area contributed by atoms with Gasteiger partial charge in [0.05, 0.1) is 25.4 Å². The Kier molecular flexibility index (Phi) is 5.83. The average molecular weight is 528 g/mol. The van der Waals surface area contributed by atoms with Crippen LogP contribution in [0.1, 0.15) is 56.3 Å². The fourth-order valence-corrected chi connectivity index (χ4v) is 6.84. The van der Waals surface area contributed by atoms with Crippen molar-refractivity contribution in [2.24, 2.45) is 17.8 Å². The van der Waals surface area contributed by atoms with Crippen LogP contribution in [-0.4, -0.2) is 56.7 Å². The topological polar surface area (TPSA) is 74.4 Å². The first-order valence-electron chi connectivity index (χ1n) is 14.4. The molecule has 1 saturated heterocycles. The van der Waals surface area contributed by atoms with Gasteiger partial charge in [0.25, 0.3) is 5.91 Å². The summed E-state index contributed by atoms with van der Waals surface area (Å²) < 4.78 is 16.0. The summed E-state index contributed by atoms with van der Waals surface area (Å²) >= 11 is 0. The van der Waals surface area contributed by atoms with E-state index in [4.69, 9.17) is 19.4 Å². The number of likely N-dealkylation sites (tertiary alicyclic amines) is 1. The Labute approximate surface area is 228 Å². The lowest BCUT2D eigenvalue weighted by Crippen LogP contribution is -2.36. The molecule has 0 bridgehead atoms. The van der Waals surface area contributed by atoms with Gasteiger partial charge < -0.3 is 23.5 Å². The number of nitrogens with zero attached hydrogens (tertiary/aromatic N) is 5. The number of fused-ring (bicyclic) bond motifs is 3. The molecule has 3 aliphatic rings. The number of rotatable bonds is 8. The SMILES string of the molecule is CCCn1c(-c2cc3ccc(OC)nc3n2CC2CC2)nc2cc(C(=O)N3CC4CCC4C3C)cc(OC)c21. The van der Waals surface area contributed by atoms with Gasteiger partial charge in [0.2, 0.25) is 5.88 Å². The highest BCUT2D eigenvalue weighted by Gasteiger charge is 2.46. The van der Waals surface area contributed by atoms with Crippen LogP contribution in [0.4, 0.5) is 0 Å². The van der Waals surface area contributed by atoms with Gasteiger partial charge in [0, 0.05) is 42.7 Å². The van der Waals surface area contributed by atoms with Crippen LogP contribution < -0.4 is 9.47 Å². The molecule has 0 spiro atoms. The summed E-state index contributed by atoms with van der Waals surface area (Å²) in [5, 5.41) is 1.07. The predicted octanol–water partition coefficient (Wildman–Crippen LogP) is 5.76. The molecule has 39 heavy (non-hydrogen) atoms. The third-order valence-electron chi connectivity index (χ3n) is 9.29. The Balaban J connectivity index is 1.38. The van der Waals surface area contributed by atoms with Crippen LogP contribution in [-0.2, 0) is 13.1 Å². The molecule has 2 saturated carbocycles. The second kappa shape index (κ2) is 9.28. The van der Waals surface area contributed by atoms with Crippen molar-refractivity contribution in [2.45, 2.75) is 65.1 Å². The highest BCUT2D eigenvalue weighted by atomic mass is 16.5. The summed E-state index contributed by atoms with van der Waals surface area (Å²) in [6.07, 6.45) is 5.90. The smallest absolute Gasteiger partial charge is 0.254 e. The summed E-state index contributed by atoms with van der Waals surface area (Å²) in [6.45, 7) is 6.94. The summed E-state index contributed by atoms with van der Waals surface area (Å²) in [5.74, 6) is 4.25.